The van der Waals surface area contributed by atoms with Gasteiger partial charge in [0.2, 0.25) is 5.91 Å². The normalized spacial score (nSPS) is 19.1. The lowest BCUT2D eigenvalue weighted by molar-refractivity contribution is -0.137. The first-order chi connectivity index (χ1) is 13.0. The smallest absolute Gasteiger partial charge is 0.303 e. The zero-order chi connectivity index (χ0) is 20.1. The summed E-state index contributed by atoms with van der Waals surface area (Å²) in [4.78, 5) is 24.5. The van der Waals surface area contributed by atoms with Crippen LogP contribution in [0.25, 0.3) is 0 Å². The van der Waals surface area contributed by atoms with Crippen LogP contribution in [0.5, 0.6) is 0 Å². The standard InChI is InChI=1S/C22H35NO4/c1-3-4-5-8-11-18(2)20(24)15-13-19-14-16-21(25)23(19)17-10-7-6-9-12-22(26)27/h13,15,18-20,24H,3-4,6-7,9-12,14,16-17H2,1-2H3,(H,26,27)/t18-,19?,20-/m1/s1. The molecule has 0 aromatic heterocycles. The van der Waals surface area contributed by atoms with Crippen LogP contribution in [0.3, 0.4) is 0 Å². The second kappa shape index (κ2) is 13.4. The van der Waals surface area contributed by atoms with Gasteiger partial charge in [-0.2, -0.15) is 0 Å². The topological polar surface area (TPSA) is 77.8 Å². The van der Waals surface area contributed by atoms with E-state index in [1.54, 1.807) is 0 Å². The van der Waals surface area contributed by atoms with E-state index < -0.39 is 12.1 Å². The molecule has 27 heavy (non-hydrogen) atoms. The van der Waals surface area contributed by atoms with Gasteiger partial charge in [0.05, 0.1) is 12.1 Å². The van der Waals surface area contributed by atoms with E-state index in [9.17, 15) is 14.7 Å². The van der Waals surface area contributed by atoms with E-state index in [4.69, 9.17) is 5.11 Å². The summed E-state index contributed by atoms with van der Waals surface area (Å²) in [7, 11) is 0. The first-order valence-corrected chi connectivity index (χ1v) is 10.3. The minimum Gasteiger partial charge on any atom is -0.481 e. The van der Waals surface area contributed by atoms with Crippen LogP contribution in [0, 0.1) is 17.8 Å². The van der Waals surface area contributed by atoms with Crippen LogP contribution in [-0.4, -0.2) is 45.7 Å². The van der Waals surface area contributed by atoms with Crippen molar-refractivity contribution in [3.8, 4) is 11.8 Å². The first kappa shape index (κ1) is 23.2. The Balaban J connectivity index is 2.38. The van der Waals surface area contributed by atoms with Crippen molar-refractivity contribution in [2.75, 3.05) is 6.54 Å². The van der Waals surface area contributed by atoms with Crippen molar-refractivity contribution in [1.29, 1.82) is 0 Å². The molecule has 1 amide bonds. The number of hydrogen-bond acceptors (Lipinski definition) is 3. The van der Waals surface area contributed by atoms with Gasteiger partial charge in [-0.1, -0.05) is 38.8 Å². The number of carbonyl (C=O) groups is 2. The molecule has 1 unspecified atom stereocenters. The lowest BCUT2D eigenvalue weighted by Crippen LogP contribution is -2.33. The Morgan fingerprint density at radius 3 is 2.74 bits per heavy atom. The lowest BCUT2D eigenvalue weighted by Gasteiger charge is -2.23. The molecular weight excluding hydrogens is 342 g/mol. The third-order valence-corrected chi connectivity index (χ3v) is 4.95. The minimum absolute atomic E-state index is 0.0598. The predicted molar refractivity (Wildman–Crippen MR) is 107 cm³/mol. The number of amides is 1. The van der Waals surface area contributed by atoms with Crippen LogP contribution in [0.2, 0.25) is 0 Å². The molecule has 2 N–H and O–H groups in total. The number of likely N-dealkylation sites (tertiary alicyclic amines) is 1. The monoisotopic (exact) mass is 377 g/mol. The largest absolute Gasteiger partial charge is 0.481 e. The van der Waals surface area contributed by atoms with E-state index in [1.807, 2.05) is 24.0 Å². The molecule has 0 saturated carbocycles. The van der Waals surface area contributed by atoms with Crippen molar-refractivity contribution < 1.29 is 19.8 Å². The molecule has 0 radical (unpaired) electrons. The Hall–Kier alpha value is -1.80. The molecule has 0 bridgehead atoms. The number of carboxylic acid groups (broad SMARTS) is 1. The number of unbranched alkanes of at least 4 members (excludes halogenated alkanes) is 4. The van der Waals surface area contributed by atoms with Crippen molar-refractivity contribution in [2.45, 2.75) is 90.2 Å². The first-order valence-electron chi connectivity index (χ1n) is 10.3. The van der Waals surface area contributed by atoms with Crippen molar-refractivity contribution >= 4 is 11.9 Å². The Kier molecular flexibility index (Phi) is 11.5. The van der Waals surface area contributed by atoms with Crippen LogP contribution in [-0.2, 0) is 9.59 Å². The minimum atomic E-state index is -0.751. The summed E-state index contributed by atoms with van der Waals surface area (Å²) in [6, 6.07) is 0.0598. The van der Waals surface area contributed by atoms with Gasteiger partial charge in [0.15, 0.2) is 0 Å². The fourth-order valence-corrected chi connectivity index (χ4v) is 3.16. The van der Waals surface area contributed by atoms with E-state index in [0.29, 0.717) is 25.8 Å². The molecule has 1 aliphatic rings. The highest BCUT2D eigenvalue weighted by Gasteiger charge is 2.28. The molecule has 5 heteroatoms. The van der Waals surface area contributed by atoms with Gasteiger partial charge in [-0.05, 0) is 31.6 Å². The second-order valence-corrected chi connectivity index (χ2v) is 7.41. The van der Waals surface area contributed by atoms with Crippen LogP contribution in [0.1, 0.15) is 78.1 Å². The molecule has 1 saturated heterocycles. The Morgan fingerprint density at radius 2 is 2.04 bits per heavy atom. The molecule has 0 aromatic carbocycles. The molecule has 0 spiro atoms. The fourth-order valence-electron chi connectivity index (χ4n) is 3.16. The van der Waals surface area contributed by atoms with Crippen LogP contribution < -0.4 is 0 Å². The zero-order valence-corrected chi connectivity index (χ0v) is 16.8. The van der Waals surface area contributed by atoms with E-state index in [2.05, 4.69) is 18.8 Å². The number of carboxylic acids is 1. The Bertz CT molecular complexity index is 546. The molecule has 1 rings (SSSR count). The van der Waals surface area contributed by atoms with E-state index in [-0.39, 0.29) is 24.3 Å². The van der Waals surface area contributed by atoms with E-state index in [1.165, 1.54) is 0 Å². The Morgan fingerprint density at radius 1 is 1.30 bits per heavy atom. The molecule has 1 fully saturated rings. The summed E-state index contributed by atoms with van der Waals surface area (Å²) in [6.45, 7) is 4.79. The van der Waals surface area contributed by atoms with Gasteiger partial charge in [0.25, 0.3) is 0 Å². The average Bonchev–Trinajstić information content (AvgIpc) is 2.99. The highest BCUT2D eigenvalue weighted by Crippen LogP contribution is 2.21. The highest BCUT2D eigenvalue weighted by atomic mass is 16.4. The molecule has 1 aliphatic heterocycles. The van der Waals surface area contributed by atoms with Gasteiger partial charge in [-0.25, -0.2) is 0 Å². The van der Waals surface area contributed by atoms with Gasteiger partial charge in [0.1, 0.15) is 0 Å². The average molecular weight is 378 g/mol. The van der Waals surface area contributed by atoms with Crippen molar-refractivity contribution in [3.05, 3.63) is 12.2 Å². The lowest BCUT2D eigenvalue weighted by atomic mass is 9.99. The van der Waals surface area contributed by atoms with E-state index in [0.717, 1.165) is 38.5 Å². The molecular formula is C22H35NO4. The van der Waals surface area contributed by atoms with Crippen molar-refractivity contribution in [3.63, 3.8) is 0 Å². The number of rotatable bonds is 12. The van der Waals surface area contributed by atoms with E-state index >= 15 is 0 Å². The van der Waals surface area contributed by atoms with Gasteiger partial charge < -0.3 is 15.1 Å². The third-order valence-electron chi connectivity index (χ3n) is 4.95. The number of aliphatic hydroxyl groups is 1. The SMILES string of the molecule is CCCC#CC[C@@H](C)[C@H](O)C=CC1CCC(=O)N1CCCCCCC(=O)O. The molecule has 5 nitrogen and oxygen atoms in total. The summed E-state index contributed by atoms with van der Waals surface area (Å²) in [5.41, 5.74) is 0. The summed E-state index contributed by atoms with van der Waals surface area (Å²) >= 11 is 0. The summed E-state index contributed by atoms with van der Waals surface area (Å²) in [5.74, 6) is 5.71. The summed E-state index contributed by atoms with van der Waals surface area (Å²) in [6.07, 6.45) is 10.8. The van der Waals surface area contributed by atoms with Gasteiger partial charge in [-0.3, -0.25) is 9.59 Å². The Labute approximate surface area is 163 Å². The molecule has 152 valence electrons. The van der Waals surface area contributed by atoms with Crippen LogP contribution in [0.4, 0.5) is 0 Å². The summed E-state index contributed by atoms with van der Waals surface area (Å²) in [5, 5.41) is 18.9. The van der Waals surface area contributed by atoms with Crippen molar-refractivity contribution in [1.82, 2.24) is 4.90 Å². The predicted octanol–water partition coefficient (Wildman–Crippen LogP) is 3.76. The maximum absolute atomic E-state index is 12.1. The second-order valence-electron chi connectivity index (χ2n) is 7.41. The van der Waals surface area contributed by atoms with Gasteiger partial charge >= 0.3 is 5.97 Å². The molecule has 0 aromatic rings. The maximum Gasteiger partial charge on any atom is 0.303 e. The molecule has 1 heterocycles. The molecule has 0 aliphatic carbocycles. The summed E-state index contributed by atoms with van der Waals surface area (Å²) < 4.78 is 0. The quantitative estimate of drug-likeness (QED) is 0.308. The number of aliphatic carboxylic acids is 1. The fraction of sp³-hybridized carbons (Fsp3) is 0.727. The number of aliphatic hydroxyl groups excluding tert-OH is 1. The number of nitrogens with zero attached hydrogens (tertiary/aromatic N) is 1. The van der Waals surface area contributed by atoms with Crippen molar-refractivity contribution in [2.24, 2.45) is 5.92 Å². The highest BCUT2D eigenvalue weighted by molar-refractivity contribution is 5.79. The van der Waals surface area contributed by atoms with Gasteiger partial charge in [-0.15, -0.1) is 11.8 Å². The molecule has 3 atom stereocenters. The maximum atomic E-state index is 12.1. The van der Waals surface area contributed by atoms with Crippen LogP contribution >= 0.6 is 0 Å². The third kappa shape index (κ3) is 9.63. The number of carbonyl (C=O) groups excluding carboxylic acids is 1. The number of hydrogen-bond donors (Lipinski definition) is 2. The van der Waals surface area contributed by atoms with Crippen LogP contribution in [0.15, 0.2) is 12.2 Å². The zero-order valence-electron chi connectivity index (χ0n) is 16.8. The van der Waals surface area contributed by atoms with Gasteiger partial charge in [0, 0.05) is 32.2 Å².